The summed E-state index contributed by atoms with van der Waals surface area (Å²) in [5.74, 6) is -0.555. The Hall–Kier alpha value is 1.46. The molecule has 0 atom stereocenters. The SMILES string of the molecule is Fc1c(Cl)cccc1Cl.[Br-].[Br-].[Mg+2]. The summed E-state index contributed by atoms with van der Waals surface area (Å²) in [4.78, 5) is 0. The maximum Gasteiger partial charge on any atom is 2.00 e. The fourth-order valence-electron chi connectivity index (χ4n) is 0.477. The molecule has 0 aromatic heterocycles. The number of rotatable bonds is 0. The van der Waals surface area contributed by atoms with Crippen molar-refractivity contribution >= 4 is 46.3 Å². The Morgan fingerprint density at radius 1 is 1.00 bits per heavy atom. The van der Waals surface area contributed by atoms with Gasteiger partial charge in [0.25, 0.3) is 0 Å². The van der Waals surface area contributed by atoms with E-state index >= 15 is 0 Å². The van der Waals surface area contributed by atoms with Gasteiger partial charge in [-0.15, -0.1) is 0 Å². The topological polar surface area (TPSA) is 0 Å². The second kappa shape index (κ2) is 9.03. The van der Waals surface area contributed by atoms with Crippen molar-refractivity contribution in [3.8, 4) is 0 Å². The summed E-state index contributed by atoms with van der Waals surface area (Å²) >= 11 is 10.7. The molecule has 0 unspecified atom stereocenters. The van der Waals surface area contributed by atoms with Crippen LogP contribution < -0.4 is 34.0 Å². The Kier molecular flexibility index (Phi) is 14.4. The van der Waals surface area contributed by atoms with Gasteiger partial charge in [-0.25, -0.2) is 4.39 Å². The summed E-state index contributed by atoms with van der Waals surface area (Å²) in [7, 11) is 0. The number of hydrogen-bond acceptors (Lipinski definition) is 0. The van der Waals surface area contributed by atoms with Gasteiger partial charge in [0.15, 0.2) is 5.82 Å². The van der Waals surface area contributed by atoms with Crippen molar-refractivity contribution in [3.63, 3.8) is 0 Å². The van der Waals surface area contributed by atoms with Crippen molar-refractivity contribution < 1.29 is 38.4 Å². The van der Waals surface area contributed by atoms with Crippen LogP contribution in [-0.2, 0) is 0 Å². The molecular weight excluding hydrogens is 346 g/mol. The zero-order valence-corrected chi connectivity index (χ0v) is 11.9. The molecule has 1 aromatic rings. The first kappa shape index (κ1) is 19.1. The van der Waals surface area contributed by atoms with Gasteiger partial charge in [0.1, 0.15) is 0 Å². The first-order valence-corrected chi connectivity index (χ1v) is 3.07. The molecule has 0 amide bonds. The molecule has 0 heterocycles. The van der Waals surface area contributed by atoms with Gasteiger partial charge in [0.2, 0.25) is 0 Å². The van der Waals surface area contributed by atoms with Crippen molar-refractivity contribution in [2.75, 3.05) is 0 Å². The molecule has 0 saturated heterocycles. The van der Waals surface area contributed by atoms with Crippen molar-refractivity contribution in [1.82, 2.24) is 0 Å². The van der Waals surface area contributed by atoms with E-state index in [1.165, 1.54) is 12.1 Å². The van der Waals surface area contributed by atoms with Crippen molar-refractivity contribution in [2.24, 2.45) is 0 Å². The largest absolute Gasteiger partial charge is 2.00 e. The van der Waals surface area contributed by atoms with E-state index in [1.807, 2.05) is 0 Å². The second-order valence-electron chi connectivity index (χ2n) is 1.54. The molecule has 0 saturated carbocycles. The minimum Gasteiger partial charge on any atom is -1.00 e. The molecular formula is C6H3Br2Cl2FMg. The van der Waals surface area contributed by atoms with Crippen LogP contribution in [0.25, 0.3) is 0 Å². The predicted octanol–water partition coefficient (Wildman–Crippen LogP) is -3.24. The quantitative estimate of drug-likeness (QED) is 0.341. The summed E-state index contributed by atoms with van der Waals surface area (Å²) in [5.41, 5.74) is 0. The summed E-state index contributed by atoms with van der Waals surface area (Å²) in [6.45, 7) is 0. The van der Waals surface area contributed by atoms with Gasteiger partial charge in [0.05, 0.1) is 10.0 Å². The van der Waals surface area contributed by atoms with Gasteiger partial charge in [-0.2, -0.15) is 0 Å². The molecule has 0 fully saturated rings. The number of hydrogen-bond donors (Lipinski definition) is 0. The number of halogens is 5. The Bertz CT molecular complexity index is 215. The van der Waals surface area contributed by atoms with E-state index in [1.54, 1.807) is 6.07 Å². The van der Waals surface area contributed by atoms with Gasteiger partial charge in [-0.3, -0.25) is 0 Å². The van der Waals surface area contributed by atoms with Gasteiger partial charge >= 0.3 is 23.1 Å². The van der Waals surface area contributed by atoms with Crippen LogP contribution in [0.1, 0.15) is 0 Å². The maximum atomic E-state index is 12.5. The third-order valence-electron chi connectivity index (χ3n) is 0.904. The first-order chi connectivity index (χ1) is 4.22. The average molecular weight is 349 g/mol. The zero-order valence-electron chi connectivity index (χ0n) is 5.83. The first-order valence-electron chi connectivity index (χ1n) is 2.31. The van der Waals surface area contributed by atoms with Crippen LogP contribution in [0.3, 0.4) is 0 Å². The van der Waals surface area contributed by atoms with Crippen molar-refractivity contribution in [3.05, 3.63) is 34.1 Å². The molecule has 12 heavy (non-hydrogen) atoms. The van der Waals surface area contributed by atoms with Gasteiger partial charge in [0, 0.05) is 0 Å². The second-order valence-corrected chi connectivity index (χ2v) is 2.35. The van der Waals surface area contributed by atoms with E-state index in [4.69, 9.17) is 23.2 Å². The fourth-order valence-corrected chi connectivity index (χ4v) is 0.875. The van der Waals surface area contributed by atoms with Gasteiger partial charge in [-0.05, 0) is 12.1 Å². The fraction of sp³-hybridized carbons (Fsp3) is 0. The standard InChI is InChI=1S/C6H3Cl2F.2BrH.Mg/c7-4-2-1-3-5(8)6(4)9;;;/h1-3H;2*1H;/q;;;+2/p-2. The van der Waals surface area contributed by atoms with Crippen molar-refractivity contribution in [2.45, 2.75) is 0 Å². The third kappa shape index (κ3) is 5.24. The van der Waals surface area contributed by atoms with Crippen LogP contribution in [0.2, 0.25) is 10.0 Å². The molecule has 0 bridgehead atoms. The van der Waals surface area contributed by atoms with E-state index in [-0.39, 0.29) is 67.1 Å². The summed E-state index contributed by atoms with van der Waals surface area (Å²) < 4.78 is 12.5. The molecule has 1 aromatic carbocycles. The van der Waals surface area contributed by atoms with Crippen LogP contribution in [0.15, 0.2) is 18.2 Å². The minimum atomic E-state index is -0.555. The van der Waals surface area contributed by atoms with Crippen LogP contribution in [0, 0.1) is 5.82 Å². The molecule has 0 radical (unpaired) electrons. The summed E-state index contributed by atoms with van der Waals surface area (Å²) in [6.07, 6.45) is 0. The molecule has 0 aliphatic rings. The molecule has 0 nitrogen and oxygen atoms in total. The Morgan fingerprint density at radius 2 is 1.33 bits per heavy atom. The zero-order chi connectivity index (χ0) is 6.85. The van der Waals surface area contributed by atoms with Crippen LogP contribution in [0.4, 0.5) is 4.39 Å². The van der Waals surface area contributed by atoms with E-state index < -0.39 is 5.82 Å². The smallest absolute Gasteiger partial charge is 1.00 e. The normalized spacial score (nSPS) is 7.25. The monoisotopic (exact) mass is 346 g/mol. The molecule has 1 rings (SSSR count). The molecule has 0 aliphatic heterocycles. The third-order valence-corrected chi connectivity index (χ3v) is 1.49. The van der Waals surface area contributed by atoms with Crippen LogP contribution >= 0.6 is 23.2 Å². The molecule has 0 spiro atoms. The summed E-state index contributed by atoms with van der Waals surface area (Å²) in [5, 5.41) is 0.116. The minimum absolute atomic E-state index is 0. The van der Waals surface area contributed by atoms with Gasteiger partial charge in [-0.1, -0.05) is 29.3 Å². The van der Waals surface area contributed by atoms with E-state index in [2.05, 4.69) is 0 Å². The molecule has 6 heteroatoms. The Labute approximate surface area is 117 Å². The van der Waals surface area contributed by atoms with Crippen LogP contribution in [-0.4, -0.2) is 23.1 Å². The number of benzene rings is 1. The molecule has 64 valence electrons. The maximum absolute atomic E-state index is 12.5. The summed E-state index contributed by atoms with van der Waals surface area (Å²) in [6, 6.07) is 4.49. The Morgan fingerprint density at radius 3 is 1.58 bits per heavy atom. The molecule has 0 aliphatic carbocycles. The Balaban J connectivity index is -0.000000270. The predicted molar refractivity (Wildman–Crippen MR) is 42.2 cm³/mol. The van der Waals surface area contributed by atoms with E-state index in [0.29, 0.717) is 0 Å². The van der Waals surface area contributed by atoms with Gasteiger partial charge < -0.3 is 34.0 Å². The van der Waals surface area contributed by atoms with E-state index in [0.717, 1.165) is 0 Å². The van der Waals surface area contributed by atoms with Crippen molar-refractivity contribution in [1.29, 1.82) is 0 Å². The molecule has 0 N–H and O–H groups in total. The average Bonchev–Trinajstić information content (AvgIpc) is 1.83. The van der Waals surface area contributed by atoms with E-state index in [9.17, 15) is 4.39 Å². The van der Waals surface area contributed by atoms with Crippen LogP contribution in [0.5, 0.6) is 0 Å².